The van der Waals surface area contributed by atoms with Crippen molar-refractivity contribution < 1.29 is 13.9 Å². The van der Waals surface area contributed by atoms with Gasteiger partial charge in [0.05, 0.1) is 18.9 Å². The molecule has 2 bridgehead atoms. The normalized spacial score (nSPS) is 29.2. The zero-order chi connectivity index (χ0) is 31.9. The van der Waals surface area contributed by atoms with E-state index in [-0.39, 0.29) is 11.2 Å². The fourth-order valence-electron chi connectivity index (χ4n) is 10.4. The number of hydrogen-bond donors (Lipinski definition) is 0. The Morgan fingerprint density at radius 3 is 2.52 bits per heavy atom. The molecular weight excluding hydrogens is 607 g/mol. The van der Waals surface area contributed by atoms with Gasteiger partial charge < -0.3 is 19.3 Å². The molecule has 252 valence electrons. The highest BCUT2D eigenvalue weighted by atomic mass is 19.1. The molecule has 4 aliphatic carbocycles. The van der Waals surface area contributed by atoms with Gasteiger partial charge in [-0.2, -0.15) is 0 Å². The second kappa shape index (κ2) is 11.4. The van der Waals surface area contributed by atoms with E-state index in [4.69, 9.17) is 14.5 Å². The van der Waals surface area contributed by atoms with E-state index >= 15 is 0 Å². The number of benzene rings is 1. The van der Waals surface area contributed by atoms with Crippen molar-refractivity contribution in [2.75, 3.05) is 63.9 Å². The third-order valence-corrected chi connectivity index (χ3v) is 12.9. The molecule has 4 aliphatic heterocycles. The molecule has 0 unspecified atom stereocenters. The number of rotatable bonds is 10. The number of hydrogen-bond acceptors (Lipinski definition) is 10. The third-order valence-electron chi connectivity index (χ3n) is 12.9. The first-order valence-electron chi connectivity index (χ1n) is 18.3. The Hall–Kier alpha value is -3.28. The Kier molecular flexibility index (Phi) is 7.02. The Bertz CT molecular complexity index is 1670. The van der Waals surface area contributed by atoms with E-state index in [1.807, 2.05) is 0 Å². The molecule has 0 N–H and O–H groups in total. The van der Waals surface area contributed by atoms with E-state index in [0.717, 1.165) is 80.6 Å². The van der Waals surface area contributed by atoms with Crippen LogP contribution in [0.5, 0.6) is 11.6 Å². The molecule has 2 aromatic heterocycles. The molecule has 1 aromatic carbocycles. The summed E-state index contributed by atoms with van der Waals surface area (Å²) in [7, 11) is 0. The van der Waals surface area contributed by atoms with Crippen LogP contribution >= 0.6 is 0 Å². The van der Waals surface area contributed by atoms with Gasteiger partial charge in [0.2, 0.25) is 0 Å². The number of anilines is 1. The maximum absolute atomic E-state index is 14.6. The van der Waals surface area contributed by atoms with Gasteiger partial charge in [-0.25, -0.2) is 19.3 Å². The Balaban J connectivity index is 0.841. The SMILES string of the molecule is Fc1ccc(Oc2nncnc2N2CCC3(C2)CN([C@@H](C2CCN(CC4COC4)CC2)C24CC(C2)C4)C3)c(-c2cncnc2C2CC2)c1. The number of likely N-dealkylation sites (tertiary alicyclic amines) is 2. The number of ether oxygens (including phenoxy) is 2. The van der Waals surface area contributed by atoms with Crippen LogP contribution in [0.1, 0.15) is 63.0 Å². The maximum atomic E-state index is 14.6. The largest absolute Gasteiger partial charge is 0.434 e. The van der Waals surface area contributed by atoms with Crippen molar-refractivity contribution in [1.82, 2.24) is 34.9 Å². The highest BCUT2D eigenvalue weighted by molar-refractivity contribution is 5.73. The summed E-state index contributed by atoms with van der Waals surface area (Å²) in [4.78, 5) is 21.5. The van der Waals surface area contributed by atoms with Crippen LogP contribution in [-0.2, 0) is 4.74 Å². The predicted octanol–water partition coefficient (Wildman–Crippen LogP) is 5.18. The first kappa shape index (κ1) is 29.6. The minimum absolute atomic E-state index is 0.274. The van der Waals surface area contributed by atoms with E-state index in [2.05, 4.69) is 34.9 Å². The average molecular weight is 653 g/mol. The Morgan fingerprint density at radius 2 is 1.79 bits per heavy atom. The van der Waals surface area contributed by atoms with Crippen molar-refractivity contribution in [3.63, 3.8) is 0 Å². The van der Waals surface area contributed by atoms with Crippen LogP contribution < -0.4 is 9.64 Å². The standard InChI is InChI=1S/C37H45FN8O2/c38-28-3-4-31(29(11-28)30-15-39-22-40-32(30)26-1-2-26)48-35-34(41-23-42-43-35)45-10-7-36(19-45)20-46(21-36)33(37-12-24(13-37)14-37)27-5-8-44(9-6-27)16-25-17-47-18-25/h3-4,11,15,22-27,33H,1-2,5-10,12-14,16-21H2/t24?,33-,37?/m0/s1. The Morgan fingerprint density at radius 1 is 0.958 bits per heavy atom. The van der Waals surface area contributed by atoms with E-state index in [1.165, 1.54) is 83.3 Å². The minimum Gasteiger partial charge on any atom is -0.434 e. The molecule has 1 atom stereocenters. The van der Waals surface area contributed by atoms with Gasteiger partial charge in [-0.15, -0.1) is 10.2 Å². The molecule has 10 nitrogen and oxygen atoms in total. The lowest BCUT2D eigenvalue weighted by molar-refractivity contribution is -0.209. The van der Waals surface area contributed by atoms with Crippen molar-refractivity contribution in [3.8, 4) is 22.8 Å². The van der Waals surface area contributed by atoms with Crippen LogP contribution in [0.15, 0.2) is 37.1 Å². The summed E-state index contributed by atoms with van der Waals surface area (Å²) >= 11 is 0. The summed E-state index contributed by atoms with van der Waals surface area (Å²) in [6.07, 6.45) is 15.2. The second-order valence-corrected chi connectivity index (χ2v) is 16.3. The van der Waals surface area contributed by atoms with Crippen molar-refractivity contribution >= 4 is 5.82 Å². The molecule has 3 aromatic rings. The summed E-state index contributed by atoms with van der Waals surface area (Å²) in [5.74, 6) is 4.20. The lowest BCUT2D eigenvalue weighted by atomic mass is 9.39. The quantitative estimate of drug-likeness (QED) is 0.292. The highest BCUT2D eigenvalue weighted by Crippen LogP contribution is 2.69. The molecule has 0 radical (unpaired) electrons. The summed E-state index contributed by atoms with van der Waals surface area (Å²) in [6.45, 7) is 9.85. The first-order chi connectivity index (χ1) is 23.5. The topological polar surface area (TPSA) is 92.6 Å². The molecule has 11 heteroatoms. The number of piperidine rings is 1. The molecule has 11 rings (SSSR count). The molecular formula is C37H45FN8O2. The van der Waals surface area contributed by atoms with E-state index in [9.17, 15) is 4.39 Å². The van der Waals surface area contributed by atoms with Crippen molar-refractivity contribution in [1.29, 1.82) is 0 Å². The van der Waals surface area contributed by atoms with Gasteiger partial charge in [-0.3, -0.25) is 4.90 Å². The summed E-state index contributed by atoms with van der Waals surface area (Å²) < 4.78 is 26.5. The van der Waals surface area contributed by atoms with Gasteiger partial charge in [0.1, 0.15) is 24.2 Å². The molecule has 4 saturated carbocycles. The fourth-order valence-corrected chi connectivity index (χ4v) is 10.4. The fraction of sp³-hybridized carbons (Fsp3) is 0.649. The first-order valence-corrected chi connectivity index (χ1v) is 18.3. The van der Waals surface area contributed by atoms with E-state index in [0.29, 0.717) is 34.3 Å². The smallest absolute Gasteiger partial charge is 0.282 e. The van der Waals surface area contributed by atoms with Crippen molar-refractivity contribution in [3.05, 3.63) is 48.6 Å². The van der Waals surface area contributed by atoms with Gasteiger partial charge in [0.15, 0.2) is 5.82 Å². The zero-order valence-corrected chi connectivity index (χ0v) is 27.6. The third kappa shape index (κ3) is 5.10. The van der Waals surface area contributed by atoms with Gasteiger partial charge in [-0.05, 0) is 99.9 Å². The summed E-state index contributed by atoms with van der Waals surface area (Å²) in [5, 5.41) is 8.50. The number of halogens is 1. The predicted molar refractivity (Wildman–Crippen MR) is 177 cm³/mol. The zero-order valence-electron chi connectivity index (χ0n) is 27.6. The molecule has 8 fully saturated rings. The molecule has 8 aliphatic rings. The number of nitrogens with zero attached hydrogens (tertiary/aromatic N) is 8. The molecule has 0 amide bonds. The summed E-state index contributed by atoms with van der Waals surface area (Å²) in [5.41, 5.74) is 3.24. The van der Waals surface area contributed by atoms with E-state index < -0.39 is 0 Å². The minimum atomic E-state index is -0.331. The van der Waals surface area contributed by atoms with Crippen LogP contribution in [0.2, 0.25) is 0 Å². The monoisotopic (exact) mass is 652 g/mol. The van der Waals surface area contributed by atoms with Gasteiger partial charge in [-0.1, -0.05) is 0 Å². The van der Waals surface area contributed by atoms with Crippen LogP contribution in [0, 0.1) is 34.4 Å². The van der Waals surface area contributed by atoms with Gasteiger partial charge in [0, 0.05) is 73.3 Å². The molecule has 48 heavy (non-hydrogen) atoms. The van der Waals surface area contributed by atoms with Crippen LogP contribution in [0.4, 0.5) is 10.2 Å². The van der Waals surface area contributed by atoms with Crippen LogP contribution in [0.3, 0.4) is 0 Å². The lowest BCUT2D eigenvalue weighted by Crippen LogP contribution is -2.72. The summed E-state index contributed by atoms with van der Waals surface area (Å²) in [6, 6.07) is 5.34. The van der Waals surface area contributed by atoms with Crippen molar-refractivity contribution in [2.24, 2.45) is 28.6 Å². The van der Waals surface area contributed by atoms with Crippen molar-refractivity contribution in [2.45, 2.75) is 63.3 Å². The average Bonchev–Trinajstić information content (AvgIpc) is 3.79. The molecule has 4 saturated heterocycles. The number of aromatic nitrogens is 5. The van der Waals surface area contributed by atoms with Gasteiger partial charge in [0.25, 0.3) is 5.88 Å². The van der Waals surface area contributed by atoms with E-state index in [1.54, 1.807) is 18.6 Å². The van der Waals surface area contributed by atoms with Crippen LogP contribution in [-0.4, -0.2) is 100 Å². The molecule has 6 heterocycles. The lowest BCUT2D eigenvalue weighted by Gasteiger charge is -2.71. The second-order valence-electron chi connectivity index (χ2n) is 16.3. The highest BCUT2D eigenvalue weighted by Gasteiger charge is 2.65. The Labute approximate surface area is 281 Å². The molecule has 1 spiro atoms. The maximum Gasteiger partial charge on any atom is 0.282 e. The van der Waals surface area contributed by atoms with Gasteiger partial charge >= 0.3 is 0 Å². The van der Waals surface area contributed by atoms with Crippen LogP contribution in [0.25, 0.3) is 11.1 Å².